The zero-order valence-electron chi connectivity index (χ0n) is 10.7. The van der Waals surface area contributed by atoms with Gasteiger partial charge in [0.05, 0.1) is 6.61 Å². The molecule has 1 fully saturated rings. The largest absolute Gasteiger partial charge is 0.374 e. The second kappa shape index (κ2) is 8.76. The lowest BCUT2D eigenvalue weighted by atomic mass is 10.3. The maximum Gasteiger partial charge on any atom is 0.311 e. The van der Waals surface area contributed by atoms with Crippen LogP contribution in [0.3, 0.4) is 0 Å². The Labute approximate surface area is 110 Å². The van der Waals surface area contributed by atoms with Crippen LogP contribution in [0.1, 0.15) is 6.42 Å². The Morgan fingerprint density at radius 2 is 2.11 bits per heavy atom. The van der Waals surface area contributed by atoms with Crippen LogP contribution in [-0.2, 0) is 14.3 Å². The minimum absolute atomic E-state index is 0.0368. The first-order chi connectivity index (χ1) is 9.11. The lowest BCUT2D eigenvalue weighted by Gasteiger charge is -2.19. The van der Waals surface area contributed by atoms with Gasteiger partial charge in [-0.1, -0.05) is 0 Å². The molecule has 0 spiro atoms. The van der Waals surface area contributed by atoms with Gasteiger partial charge in [-0.2, -0.15) is 0 Å². The monoisotopic (exact) mass is 279 g/mol. The van der Waals surface area contributed by atoms with E-state index in [4.69, 9.17) is 0 Å². The summed E-state index contributed by atoms with van der Waals surface area (Å²) in [5.41, 5.74) is 0. The number of carbonyl (C=O) groups excluding carboxylic acids is 2. The predicted molar refractivity (Wildman–Crippen MR) is 63.9 cm³/mol. The minimum Gasteiger partial charge on any atom is -0.374 e. The summed E-state index contributed by atoms with van der Waals surface area (Å²) in [6.07, 6.45) is -1.72. The van der Waals surface area contributed by atoms with Crippen LogP contribution in [0.2, 0.25) is 0 Å². The Balaban J connectivity index is 2.18. The molecule has 0 aromatic heterocycles. The zero-order valence-corrected chi connectivity index (χ0v) is 10.7. The maximum absolute atomic E-state index is 11.8. The Hall–Kier alpha value is -1.28. The molecule has 1 heterocycles. The van der Waals surface area contributed by atoms with Gasteiger partial charge >= 0.3 is 11.8 Å². The van der Waals surface area contributed by atoms with E-state index in [2.05, 4.69) is 15.4 Å². The van der Waals surface area contributed by atoms with Gasteiger partial charge in [-0.3, -0.25) is 9.59 Å². The highest BCUT2D eigenvalue weighted by molar-refractivity contribution is 6.35. The van der Waals surface area contributed by atoms with Crippen molar-refractivity contribution in [1.82, 2.24) is 15.5 Å². The summed E-state index contributed by atoms with van der Waals surface area (Å²) in [4.78, 5) is 24.8. The van der Waals surface area contributed by atoms with Crippen LogP contribution in [0.25, 0.3) is 0 Å². The molecule has 1 saturated heterocycles. The average Bonchev–Trinajstić information content (AvgIpc) is 2.65. The third-order valence-electron chi connectivity index (χ3n) is 2.60. The molecule has 19 heavy (non-hydrogen) atoms. The van der Waals surface area contributed by atoms with Gasteiger partial charge in [0.1, 0.15) is 6.61 Å². The fraction of sp³-hybridized carbons (Fsp3) is 0.818. The van der Waals surface area contributed by atoms with Gasteiger partial charge in [-0.15, -0.1) is 0 Å². The van der Waals surface area contributed by atoms with Crippen LogP contribution < -0.4 is 10.6 Å². The third-order valence-corrected chi connectivity index (χ3v) is 2.60. The molecule has 2 amide bonds. The van der Waals surface area contributed by atoms with Crippen LogP contribution in [-0.4, -0.2) is 69.1 Å². The minimum atomic E-state index is -2.53. The molecule has 8 heteroatoms. The number of nitrogens with zero attached hydrogens (tertiary/aromatic N) is 1. The number of carbonyl (C=O) groups is 2. The van der Waals surface area contributed by atoms with E-state index >= 15 is 0 Å². The van der Waals surface area contributed by atoms with E-state index in [1.54, 1.807) is 0 Å². The molecular formula is C11H19F2N3O3. The zero-order chi connectivity index (χ0) is 14.1. The predicted octanol–water partition coefficient (Wildman–Crippen LogP) is -0.794. The highest BCUT2D eigenvalue weighted by Crippen LogP contribution is 1.96. The van der Waals surface area contributed by atoms with E-state index < -0.39 is 24.8 Å². The van der Waals surface area contributed by atoms with Crippen molar-refractivity contribution in [2.24, 2.45) is 0 Å². The molecule has 0 radical (unpaired) electrons. The van der Waals surface area contributed by atoms with Crippen molar-refractivity contribution in [1.29, 1.82) is 0 Å². The lowest BCUT2D eigenvalue weighted by Crippen LogP contribution is -2.45. The highest BCUT2D eigenvalue weighted by atomic mass is 19.3. The normalized spacial score (nSPS) is 16.3. The fourth-order valence-electron chi connectivity index (χ4n) is 1.68. The molecular weight excluding hydrogens is 260 g/mol. The van der Waals surface area contributed by atoms with E-state index in [1.165, 1.54) is 4.90 Å². The van der Waals surface area contributed by atoms with E-state index in [0.717, 1.165) is 13.0 Å². The van der Waals surface area contributed by atoms with E-state index in [1.807, 2.05) is 0 Å². The number of ether oxygens (including phenoxy) is 1. The molecule has 6 nitrogen and oxygen atoms in total. The lowest BCUT2D eigenvalue weighted by molar-refractivity contribution is -0.145. The van der Waals surface area contributed by atoms with Gasteiger partial charge in [0.15, 0.2) is 0 Å². The third kappa shape index (κ3) is 6.44. The molecule has 0 unspecified atom stereocenters. The van der Waals surface area contributed by atoms with Crippen molar-refractivity contribution in [3.63, 3.8) is 0 Å². The van der Waals surface area contributed by atoms with Crippen LogP contribution in [0, 0.1) is 0 Å². The second-order valence-corrected chi connectivity index (χ2v) is 4.12. The Kier molecular flexibility index (Phi) is 7.27. The second-order valence-electron chi connectivity index (χ2n) is 4.12. The summed E-state index contributed by atoms with van der Waals surface area (Å²) in [6.45, 7) is 1.87. The number of hydrogen-bond acceptors (Lipinski definition) is 4. The fourth-order valence-corrected chi connectivity index (χ4v) is 1.68. The summed E-state index contributed by atoms with van der Waals surface area (Å²) in [6, 6.07) is 0. The van der Waals surface area contributed by atoms with Crippen LogP contribution in [0.5, 0.6) is 0 Å². The molecule has 0 aromatic carbocycles. The summed E-state index contributed by atoms with van der Waals surface area (Å²) in [5, 5.41) is 5.48. The molecule has 0 bridgehead atoms. The van der Waals surface area contributed by atoms with Crippen LogP contribution >= 0.6 is 0 Å². The number of alkyl halides is 2. The van der Waals surface area contributed by atoms with Crippen molar-refractivity contribution in [2.75, 3.05) is 45.9 Å². The van der Waals surface area contributed by atoms with E-state index in [0.29, 0.717) is 19.6 Å². The molecule has 0 aliphatic carbocycles. The Morgan fingerprint density at radius 1 is 1.32 bits per heavy atom. The standard InChI is InChI=1S/C11H19F2N3O3/c12-9(13)8-19-7-4-15-10(17)11(18)16-5-1-2-14-3-6-16/h9,14H,1-8H2,(H,15,17). The van der Waals surface area contributed by atoms with Crippen molar-refractivity contribution in [3.8, 4) is 0 Å². The van der Waals surface area contributed by atoms with Gasteiger partial charge in [-0.05, 0) is 13.0 Å². The first-order valence-corrected chi connectivity index (χ1v) is 6.25. The SMILES string of the molecule is O=C(NCCOCC(F)F)C(=O)N1CCCNCC1. The summed E-state index contributed by atoms with van der Waals surface area (Å²) < 4.78 is 28.1. The summed E-state index contributed by atoms with van der Waals surface area (Å²) in [5.74, 6) is -1.31. The smallest absolute Gasteiger partial charge is 0.311 e. The molecule has 1 rings (SSSR count). The van der Waals surface area contributed by atoms with Crippen molar-refractivity contribution in [2.45, 2.75) is 12.8 Å². The van der Waals surface area contributed by atoms with Gasteiger partial charge in [0, 0.05) is 26.2 Å². The quantitative estimate of drug-likeness (QED) is 0.511. The number of nitrogens with one attached hydrogen (secondary N) is 2. The average molecular weight is 279 g/mol. The highest BCUT2D eigenvalue weighted by Gasteiger charge is 2.21. The van der Waals surface area contributed by atoms with Crippen molar-refractivity contribution in [3.05, 3.63) is 0 Å². The number of amides is 2. The molecule has 0 saturated carbocycles. The van der Waals surface area contributed by atoms with Crippen LogP contribution in [0.4, 0.5) is 8.78 Å². The van der Waals surface area contributed by atoms with Gasteiger partial charge in [-0.25, -0.2) is 8.78 Å². The van der Waals surface area contributed by atoms with Gasteiger partial charge < -0.3 is 20.3 Å². The molecule has 2 N–H and O–H groups in total. The molecule has 110 valence electrons. The van der Waals surface area contributed by atoms with Gasteiger partial charge in [0.25, 0.3) is 6.43 Å². The van der Waals surface area contributed by atoms with Crippen molar-refractivity contribution < 1.29 is 23.1 Å². The number of hydrogen-bond donors (Lipinski definition) is 2. The molecule has 0 aromatic rings. The Morgan fingerprint density at radius 3 is 2.84 bits per heavy atom. The first kappa shape index (κ1) is 15.8. The topological polar surface area (TPSA) is 70.7 Å². The number of rotatable bonds is 5. The first-order valence-electron chi connectivity index (χ1n) is 6.25. The summed E-state index contributed by atoms with van der Waals surface area (Å²) >= 11 is 0. The molecule has 0 atom stereocenters. The van der Waals surface area contributed by atoms with E-state index in [9.17, 15) is 18.4 Å². The van der Waals surface area contributed by atoms with Gasteiger partial charge in [0.2, 0.25) is 0 Å². The molecule has 1 aliphatic rings. The Bertz CT molecular complexity index is 295. The number of halogens is 2. The molecule has 1 aliphatic heterocycles. The van der Waals surface area contributed by atoms with Crippen molar-refractivity contribution >= 4 is 11.8 Å². The van der Waals surface area contributed by atoms with Crippen LogP contribution in [0.15, 0.2) is 0 Å². The maximum atomic E-state index is 11.8. The summed E-state index contributed by atoms with van der Waals surface area (Å²) in [7, 11) is 0. The van der Waals surface area contributed by atoms with E-state index in [-0.39, 0.29) is 13.2 Å².